The number of hydrogen-bond donors (Lipinski definition) is 1. The fourth-order valence-electron chi connectivity index (χ4n) is 3.94. The molecule has 2 fully saturated rings. The van der Waals surface area contributed by atoms with Gasteiger partial charge in [-0.1, -0.05) is 6.92 Å². The zero-order chi connectivity index (χ0) is 21.2. The maximum absolute atomic E-state index is 13.9. The third-order valence-corrected chi connectivity index (χ3v) is 5.82. The molecule has 0 atom stereocenters. The molecular weight excluding hydrogens is 399 g/mol. The van der Waals surface area contributed by atoms with Crippen molar-refractivity contribution < 1.29 is 9.13 Å². The second-order valence-electron chi connectivity index (χ2n) is 7.79. The van der Waals surface area contributed by atoms with Crippen molar-refractivity contribution >= 4 is 17.3 Å². The summed E-state index contributed by atoms with van der Waals surface area (Å²) in [5.74, 6) is -0.109. The Morgan fingerprint density at radius 3 is 2.68 bits per heavy atom. The summed E-state index contributed by atoms with van der Waals surface area (Å²) in [6.45, 7) is 7.93. The van der Waals surface area contributed by atoms with Gasteiger partial charge >= 0.3 is 0 Å². The van der Waals surface area contributed by atoms with Crippen molar-refractivity contribution in [1.29, 1.82) is 0 Å². The topological polar surface area (TPSA) is 84.2 Å². The number of ether oxygens (including phenoxy) is 1. The summed E-state index contributed by atoms with van der Waals surface area (Å²) in [6.07, 6.45) is 4.74. The van der Waals surface area contributed by atoms with Crippen molar-refractivity contribution in [3.8, 4) is 5.82 Å². The molecule has 2 aliphatic rings. The maximum atomic E-state index is 13.9. The fourth-order valence-corrected chi connectivity index (χ4v) is 3.94. The number of aromatic nitrogens is 5. The van der Waals surface area contributed by atoms with Gasteiger partial charge in [0.15, 0.2) is 11.6 Å². The Bertz CT molecular complexity index is 1050. The maximum Gasteiger partial charge on any atom is 0.247 e. The molecule has 3 aromatic rings. The Hall–Kier alpha value is -3.11. The molecule has 0 saturated carbocycles. The van der Waals surface area contributed by atoms with Crippen LogP contribution in [0, 0.1) is 5.82 Å². The van der Waals surface area contributed by atoms with Gasteiger partial charge < -0.3 is 15.0 Å². The first-order valence-electron chi connectivity index (χ1n) is 10.5. The second-order valence-corrected chi connectivity index (χ2v) is 7.79. The largest absolute Gasteiger partial charge is 0.378 e. The zero-order valence-corrected chi connectivity index (χ0v) is 17.4. The van der Waals surface area contributed by atoms with E-state index in [0.717, 1.165) is 57.7 Å². The molecule has 2 aromatic heterocycles. The lowest BCUT2D eigenvalue weighted by Gasteiger charge is -2.43. The van der Waals surface area contributed by atoms with E-state index in [-0.39, 0.29) is 5.82 Å². The number of nitrogens with zero attached hydrogens (tertiary/aromatic N) is 7. The molecule has 162 valence electrons. The molecule has 0 aliphatic carbocycles. The van der Waals surface area contributed by atoms with Gasteiger partial charge in [0.2, 0.25) is 5.95 Å². The Kier molecular flexibility index (Phi) is 5.47. The molecule has 9 nitrogen and oxygen atoms in total. The lowest BCUT2D eigenvalue weighted by molar-refractivity contribution is -0.0660. The number of rotatable bonds is 6. The van der Waals surface area contributed by atoms with Crippen molar-refractivity contribution in [2.75, 3.05) is 49.6 Å². The Morgan fingerprint density at radius 2 is 1.97 bits per heavy atom. The summed E-state index contributed by atoms with van der Waals surface area (Å²) in [5, 5.41) is 7.56. The molecule has 0 bridgehead atoms. The third kappa shape index (κ3) is 4.21. The molecule has 0 radical (unpaired) electrons. The summed E-state index contributed by atoms with van der Waals surface area (Å²) in [6, 6.07) is 7.04. The average molecular weight is 424 g/mol. The van der Waals surface area contributed by atoms with E-state index in [1.165, 1.54) is 28.6 Å². The molecule has 4 heterocycles. The molecule has 2 saturated heterocycles. The molecule has 0 spiro atoms. The minimum absolute atomic E-state index is 0.0632. The van der Waals surface area contributed by atoms with Gasteiger partial charge in [-0.3, -0.25) is 4.90 Å². The molecule has 1 N–H and O–H groups in total. The normalized spacial score (nSPS) is 17.5. The predicted octanol–water partition coefficient (Wildman–Crippen LogP) is 2.02. The average Bonchev–Trinajstić information content (AvgIpc) is 3.21. The van der Waals surface area contributed by atoms with Crippen LogP contribution in [-0.2, 0) is 11.2 Å². The van der Waals surface area contributed by atoms with Crippen LogP contribution in [0.25, 0.3) is 5.82 Å². The molecule has 2 aliphatic heterocycles. The highest BCUT2D eigenvalue weighted by atomic mass is 19.1. The van der Waals surface area contributed by atoms with E-state index in [1.807, 2.05) is 0 Å². The van der Waals surface area contributed by atoms with Gasteiger partial charge in [0.25, 0.3) is 0 Å². The number of piperazine rings is 1. The van der Waals surface area contributed by atoms with Crippen LogP contribution in [0.15, 0.2) is 37.1 Å². The summed E-state index contributed by atoms with van der Waals surface area (Å²) in [5.41, 5.74) is 3.33. The van der Waals surface area contributed by atoms with Crippen LogP contribution >= 0.6 is 0 Å². The molecule has 0 unspecified atom stereocenters. The zero-order valence-electron chi connectivity index (χ0n) is 17.4. The van der Waals surface area contributed by atoms with Crippen molar-refractivity contribution in [3.05, 3.63) is 48.4 Å². The number of hydrogen-bond acceptors (Lipinski definition) is 8. The van der Waals surface area contributed by atoms with Crippen LogP contribution in [0.5, 0.6) is 0 Å². The van der Waals surface area contributed by atoms with E-state index in [1.54, 1.807) is 0 Å². The number of aryl methyl sites for hydroxylation is 1. The van der Waals surface area contributed by atoms with Gasteiger partial charge in [-0.2, -0.15) is 9.67 Å². The van der Waals surface area contributed by atoms with E-state index in [0.29, 0.717) is 12.0 Å². The number of anilines is 3. The highest BCUT2D eigenvalue weighted by molar-refractivity contribution is 5.64. The van der Waals surface area contributed by atoms with Crippen molar-refractivity contribution in [1.82, 2.24) is 29.6 Å². The van der Waals surface area contributed by atoms with Gasteiger partial charge in [0.05, 0.1) is 25.5 Å². The molecule has 5 rings (SSSR count). The van der Waals surface area contributed by atoms with Gasteiger partial charge in [0.1, 0.15) is 12.7 Å². The number of benzene rings is 1. The van der Waals surface area contributed by atoms with E-state index in [2.05, 4.69) is 60.3 Å². The van der Waals surface area contributed by atoms with Crippen molar-refractivity contribution in [3.63, 3.8) is 0 Å². The lowest BCUT2D eigenvalue weighted by Crippen LogP contribution is -2.56. The first kappa shape index (κ1) is 19.8. The van der Waals surface area contributed by atoms with Crippen LogP contribution in [0.1, 0.15) is 12.5 Å². The summed E-state index contributed by atoms with van der Waals surface area (Å²) in [7, 11) is 0. The molecule has 1 aromatic carbocycles. The second kappa shape index (κ2) is 8.56. The SMILES string of the molecule is CCc1cc(Nc2ncn(-c3ncncc3F)n2)cc(N2CCN(C3COC3)CC2)c1. The Morgan fingerprint density at radius 1 is 1.13 bits per heavy atom. The van der Waals surface area contributed by atoms with Gasteiger partial charge in [0, 0.05) is 37.6 Å². The minimum Gasteiger partial charge on any atom is -0.378 e. The van der Waals surface area contributed by atoms with Crippen LogP contribution < -0.4 is 10.2 Å². The first-order chi connectivity index (χ1) is 15.2. The Balaban J connectivity index is 1.31. The number of halogens is 1. The highest BCUT2D eigenvalue weighted by Gasteiger charge is 2.29. The molecular formula is C21H25FN8O. The van der Waals surface area contributed by atoms with E-state index < -0.39 is 5.82 Å². The highest BCUT2D eigenvalue weighted by Crippen LogP contribution is 2.26. The van der Waals surface area contributed by atoms with Crippen LogP contribution in [0.3, 0.4) is 0 Å². The van der Waals surface area contributed by atoms with Gasteiger partial charge in [-0.05, 0) is 30.2 Å². The molecule has 31 heavy (non-hydrogen) atoms. The minimum atomic E-state index is -0.554. The monoisotopic (exact) mass is 424 g/mol. The van der Waals surface area contributed by atoms with Gasteiger partial charge in [-0.15, -0.1) is 5.10 Å². The van der Waals surface area contributed by atoms with Gasteiger partial charge in [-0.25, -0.2) is 14.4 Å². The summed E-state index contributed by atoms with van der Waals surface area (Å²) >= 11 is 0. The quantitative estimate of drug-likeness (QED) is 0.644. The van der Waals surface area contributed by atoms with E-state index in [4.69, 9.17) is 4.74 Å². The first-order valence-corrected chi connectivity index (χ1v) is 10.5. The lowest BCUT2D eigenvalue weighted by atomic mass is 10.1. The smallest absolute Gasteiger partial charge is 0.247 e. The Labute approximate surface area is 179 Å². The van der Waals surface area contributed by atoms with Crippen LogP contribution in [-0.4, -0.2) is 75.1 Å². The predicted molar refractivity (Wildman–Crippen MR) is 114 cm³/mol. The van der Waals surface area contributed by atoms with Crippen LogP contribution in [0.2, 0.25) is 0 Å². The van der Waals surface area contributed by atoms with Crippen LogP contribution in [0.4, 0.5) is 21.7 Å². The van der Waals surface area contributed by atoms with Crippen molar-refractivity contribution in [2.45, 2.75) is 19.4 Å². The van der Waals surface area contributed by atoms with E-state index >= 15 is 0 Å². The standard InChI is InChI=1S/C21H25FN8O/c1-2-15-7-16(26-21-25-14-30(27-21)20-19(22)10-23-13-24-20)9-17(8-15)28-3-5-29(6-4-28)18-11-31-12-18/h7-10,13-14,18H,2-6,11-12H2,1H3,(H,26,27). The summed E-state index contributed by atoms with van der Waals surface area (Å²) < 4.78 is 20.6. The molecule has 10 heteroatoms. The summed E-state index contributed by atoms with van der Waals surface area (Å²) in [4.78, 5) is 16.8. The van der Waals surface area contributed by atoms with Crippen molar-refractivity contribution in [2.24, 2.45) is 0 Å². The number of nitrogens with one attached hydrogen (secondary N) is 1. The molecule has 0 amide bonds. The van der Waals surface area contributed by atoms with E-state index in [9.17, 15) is 4.39 Å². The third-order valence-electron chi connectivity index (χ3n) is 5.82. The fraction of sp³-hybridized carbons (Fsp3) is 0.429.